The van der Waals surface area contributed by atoms with Crippen molar-refractivity contribution in [1.29, 1.82) is 0 Å². The molecule has 2 rings (SSSR count). The highest BCUT2D eigenvalue weighted by molar-refractivity contribution is 5.35. The summed E-state index contributed by atoms with van der Waals surface area (Å²) in [7, 11) is 0. The molecule has 6 heteroatoms. The highest BCUT2D eigenvalue weighted by Gasteiger charge is 2.14. The molecule has 1 N–H and O–H groups in total. The zero-order valence-corrected chi connectivity index (χ0v) is 7.30. The fourth-order valence-electron chi connectivity index (χ4n) is 1.26. The summed E-state index contributed by atoms with van der Waals surface area (Å²) in [6.07, 6.45) is 2.38. The zero-order chi connectivity index (χ0) is 11.0. The molecule has 78 valence electrons. The second-order valence-electron chi connectivity index (χ2n) is 2.85. The second-order valence-corrected chi connectivity index (χ2v) is 2.85. The van der Waals surface area contributed by atoms with Gasteiger partial charge in [-0.2, -0.15) is 0 Å². The molecule has 3 nitrogen and oxygen atoms in total. The Morgan fingerprint density at radius 1 is 1.13 bits per heavy atom. The number of nitrogens with zero attached hydrogens (tertiary/aromatic N) is 1. The van der Waals surface area contributed by atoms with Gasteiger partial charge in [0.25, 0.3) is 0 Å². The molecule has 0 radical (unpaired) electrons. The van der Waals surface area contributed by atoms with Crippen LogP contribution in [0.1, 0.15) is 0 Å². The number of imidazole rings is 1. The average molecular weight is 214 g/mol. The maximum absolute atomic E-state index is 13.2. The van der Waals surface area contributed by atoms with E-state index < -0.39 is 28.8 Å². The fourth-order valence-corrected chi connectivity index (χ4v) is 1.26. The third kappa shape index (κ3) is 1.54. The molecule has 0 unspecified atom stereocenters. The van der Waals surface area contributed by atoms with Gasteiger partial charge in [0.15, 0.2) is 11.6 Å². The molecule has 0 aliphatic carbocycles. The Hall–Kier alpha value is -1.98. The van der Waals surface area contributed by atoms with Crippen LogP contribution in [0.2, 0.25) is 0 Å². The molecule has 2 aromatic rings. The summed E-state index contributed by atoms with van der Waals surface area (Å²) in [5.41, 5.74) is -1.29. The van der Waals surface area contributed by atoms with Crippen molar-refractivity contribution in [1.82, 2.24) is 9.55 Å². The van der Waals surface area contributed by atoms with Crippen molar-refractivity contribution >= 4 is 0 Å². The molecule has 0 bridgehead atoms. The van der Waals surface area contributed by atoms with Crippen molar-refractivity contribution in [2.45, 2.75) is 0 Å². The monoisotopic (exact) mass is 214 g/mol. The summed E-state index contributed by atoms with van der Waals surface area (Å²) < 4.78 is 39.7. The van der Waals surface area contributed by atoms with E-state index in [9.17, 15) is 18.0 Å². The lowest BCUT2D eigenvalue weighted by atomic mass is 10.3. The van der Waals surface area contributed by atoms with Crippen molar-refractivity contribution in [2.75, 3.05) is 0 Å². The molecule has 0 aliphatic rings. The molecule has 1 aromatic carbocycles. The fraction of sp³-hybridized carbons (Fsp3) is 0. The third-order valence-corrected chi connectivity index (χ3v) is 1.87. The van der Waals surface area contributed by atoms with Crippen LogP contribution in [0.4, 0.5) is 13.2 Å². The van der Waals surface area contributed by atoms with Gasteiger partial charge < -0.3 is 4.98 Å². The van der Waals surface area contributed by atoms with E-state index in [1.807, 2.05) is 0 Å². The van der Waals surface area contributed by atoms with Crippen LogP contribution in [0.5, 0.6) is 0 Å². The normalized spacial score (nSPS) is 10.6. The highest BCUT2D eigenvalue weighted by Crippen LogP contribution is 2.17. The first-order valence-electron chi connectivity index (χ1n) is 4.00. The van der Waals surface area contributed by atoms with E-state index in [0.717, 1.165) is 10.8 Å². The van der Waals surface area contributed by atoms with Gasteiger partial charge in [0.2, 0.25) is 0 Å². The van der Waals surface area contributed by atoms with E-state index in [1.54, 1.807) is 0 Å². The Labute approximate surface area is 81.8 Å². The van der Waals surface area contributed by atoms with Crippen LogP contribution in [0.15, 0.2) is 29.3 Å². The van der Waals surface area contributed by atoms with Crippen LogP contribution in [-0.2, 0) is 0 Å². The van der Waals surface area contributed by atoms with E-state index in [-0.39, 0.29) is 0 Å². The van der Waals surface area contributed by atoms with E-state index in [2.05, 4.69) is 4.98 Å². The first kappa shape index (κ1) is 9.57. The summed E-state index contributed by atoms with van der Waals surface area (Å²) in [5.74, 6) is -3.29. The number of aromatic amines is 1. The lowest BCUT2D eigenvalue weighted by Gasteiger charge is -2.04. The van der Waals surface area contributed by atoms with Gasteiger partial charge in [-0.3, -0.25) is 4.57 Å². The van der Waals surface area contributed by atoms with Crippen LogP contribution in [0, 0.1) is 17.5 Å². The molecule has 0 saturated carbocycles. The smallest absolute Gasteiger partial charge is 0.312 e. The average Bonchev–Trinajstić information content (AvgIpc) is 2.50. The first-order valence-corrected chi connectivity index (χ1v) is 4.00. The van der Waals surface area contributed by atoms with Crippen molar-refractivity contribution in [3.8, 4) is 5.69 Å². The summed E-state index contributed by atoms with van der Waals surface area (Å²) in [4.78, 5) is 13.3. The van der Waals surface area contributed by atoms with Crippen LogP contribution >= 0.6 is 0 Å². The number of nitrogens with one attached hydrogen (secondary N) is 1. The quantitative estimate of drug-likeness (QED) is 0.768. The molecule has 15 heavy (non-hydrogen) atoms. The van der Waals surface area contributed by atoms with E-state index in [0.29, 0.717) is 12.1 Å². The predicted octanol–water partition coefficient (Wildman–Crippen LogP) is 1.58. The topological polar surface area (TPSA) is 37.8 Å². The molecule has 0 fully saturated rings. The van der Waals surface area contributed by atoms with Crippen LogP contribution in [0.25, 0.3) is 5.69 Å². The van der Waals surface area contributed by atoms with Crippen LogP contribution in [-0.4, -0.2) is 9.55 Å². The summed E-state index contributed by atoms with van der Waals surface area (Å²) in [5, 5.41) is 0. The van der Waals surface area contributed by atoms with E-state index in [4.69, 9.17) is 0 Å². The van der Waals surface area contributed by atoms with Gasteiger partial charge in [-0.25, -0.2) is 18.0 Å². The Morgan fingerprint density at radius 2 is 1.73 bits per heavy atom. The third-order valence-electron chi connectivity index (χ3n) is 1.87. The number of benzene rings is 1. The Bertz CT molecular complexity index is 535. The number of aromatic nitrogens is 2. The number of rotatable bonds is 1. The highest BCUT2D eigenvalue weighted by atomic mass is 19.1. The van der Waals surface area contributed by atoms with Gasteiger partial charge in [0, 0.05) is 24.5 Å². The molecule has 0 aliphatic heterocycles. The maximum atomic E-state index is 13.2. The molecular formula is C9H5F3N2O. The Morgan fingerprint density at radius 3 is 2.20 bits per heavy atom. The largest absolute Gasteiger partial charge is 0.330 e. The molecule has 0 spiro atoms. The van der Waals surface area contributed by atoms with Crippen molar-refractivity contribution in [3.63, 3.8) is 0 Å². The van der Waals surface area contributed by atoms with Crippen molar-refractivity contribution < 1.29 is 13.2 Å². The minimum atomic E-state index is -1.13. The van der Waals surface area contributed by atoms with Crippen LogP contribution < -0.4 is 5.69 Å². The molecule has 1 heterocycles. The SMILES string of the molecule is O=c1[nH]ccn1-c1c(F)cc(F)cc1F. The molecule has 1 aromatic heterocycles. The van der Waals surface area contributed by atoms with Crippen LogP contribution in [0.3, 0.4) is 0 Å². The number of hydrogen-bond donors (Lipinski definition) is 1. The van der Waals surface area contributed by atoms with Crippen molar-refractivity contribution in [2.24, 2.45) is 0 Å². The lowest BCUT2D eigenvalue weighted by Crippen LogP contribution is -2.17. The van der Waals surface area contributed by atoms with Gasteiger partial charge >= 0.3 is 5.69 Å². The molecule has 0 atom stereocenters. The van der Waals surface area contributed by atoms with Gasteiger partial charge in [-0.1, -0.05) is 0 Å². The van der Waals surface area contributed by atoms with Gasteiger partial charge in [0.1, 0.15) is 11.5 Å². The molecule has 0 saturated heterocycles. The molecule has 0 amide bonds. The van der Waals surface area contributed by atoms with Gasteiger partial charge in [-0.15, -0.1) is 0 Å². The lowest BCUT2D eigenvalue weighted by molar-refractivity contribution is 0.532. The second kappa shape index (κ2) is 3.30. The number of halogens is 3. The van der Waals surface area contributed by atoms with E-state index in [1.165, 1.54) is 6.20 Å². The minimum Gasteiger partial charge on any atom is -0.312 e. The summed E-state index contributed by atoms with van der Waals surface area (Å²) in [6, 6.07) is 1.02. The standard InChI is InChI=1S/C9H5F3N2O/c10-5-3-6(11)8(7(12)4-5)14-2-1-13-9(14)15/h1-4H,(H,13,15). The van der Waals surface area contributed by atoms with E-state index >= 15 is 0 Å². The number of hydrogen-bond acceptors (Lipinski definition) is 1. The zero-order valence-electron chi connectivity index (χ0n) is 7.30. The Kier molecular flexibility index (Phi) is 2.11. The predicted molar refractivity (Wildman–Crippen MR) is 46.3 cm³/mol. The number of H-pyrrole nitrogens is 1. The molecular weight excluding hydrogens is 209 g/mol. The van der Waals surface area contributed by atoms with Crippen molar-refractivity contribution in [3.05, 3.63) is 52.5 Å². The van der Waals surface area contributed by atoms with Gasteiger partial charge in [-0.05, 0) is 0 Å². The van der Waals surface area contributed by atoms with Gasteiger partial charge in [0.05, 0.1) is 0 Å². The Balaban J connectivity index is 2.74. The summed E-state index contributed by atoms with van der Waals surface area (Å²) >= 11 is 0. The maximum Gasteiger partial charge on any atom is 0.330 e. The minimum absolute atomic E-state index is 0.512. The summed E-state index contributed by atoms with van der Waals surface area (Å²) in [6.45, 7) is 0. The first-order chi connectivity index (χ1) is 7.09.